The minimum absolute atomic E-state index is 0.0535. The summed E-state index contributed by atoms with van der Waals surface area (Å²) in [5.74, 6) is -0.140. The molecule has 3 aromatic heterocycles. The van der Waals surface area contributed by atoms with Gasteiger partial charge in [0, 0.05) is 54.9 Å². The molecule has 1 aliphatic rings. The maximum absolute atomic E-state index is 13.3. The fourth-order valence-corrected chi connectivity index (χ4v) is 5.25. The molecule has 0 N–H and O–H groups in total. The molecule has 1 fully saturated rings. The highest BCUT2D eigenvalue weighted by atomic mass is 32.1. The van der Waals surface area contributed by atoms with Gasteiger partial charge in [0.2, 0.25) is 0 Å². The van der Waals surface area contributed by atoms with Crippen LogP contribution < -0.4 is 0 Å². The van der Waals surface area contributed by atoms with Crippen LogP contribution >= 0.6 is 11.3 Å². The van der Waals surface area contributed by atoms with Gasteiger partial charge in [-0.1, -0.05) is 12.1 Å². The number of carbonyl (C=O) groups excluding carboxylic acids is 2. The Morgan fingerprint density at radius 2 is 1.94 bits per heavy atom. The van der Waals surface area contributed by atoms with Crippen LogP contribution in [0.2, 0.25) is 0 Å². The second kappa shape index (κ2) is 8.29. The van der Waals surface area contributed by atoms with E-state index < -0.39 is 6.10 Å². The monoisotopic (exact) mass is 446 g/mol. The molecule has 4 aromatic rings. The third-order valence-electron chi connectivity index (χ3n) is 5.63. The summed E-state index contributed by atoms with van der Waals surface area (Å²) in [5, 5.41) is 1.83. The number of pyridine rings is 2. The van der Waals surface area contributed by atoms with Gasteiger partial charge in [0.15, 0.2) is 0 Å². The van der Waals surface area contributed by atoms with Crippen molar-refractivity contribution >= 4 is 44.3 Å². The summed E-state index contributed by atoms with van der Waals surface area (Å²) in [4.78, 5) is 39.7. The molecule has 0 bridgehead atoms. The van der Waals surface area contributed by atoms with E-state index in [1.54, 1.807) is 36.3 Å². The molecule has 0 unspecified atom stereocenters. The first kappa shape index (κ1) is 20.5. The van der Waals surface area contributed by atoms with Gasteiger partial charge in [-0.25, -0.2) is 4.98 Å². The number of fused-ring (bicyclic) bond motifs is 2. The van der Waals surface area contributed by atoms with Gasteiger partial charge in [-0.15, -0.1) is 11.3 Å². The zero-order valence-corrected chi connectivity index (χ0v) is 18.6. The molecule has 2 amide bonds. The first-order valence-electron chi connectivity index (χ1n) is 10.4. The minimum atomic E-state index is -0.397. The van der Waals surface area contributed by atoms with Crippen LogP contribution in [0.1, 0.15) is 31.7 Å². The number of amides is 2. The van der Waals surface area contributed by atoms with Crippen molar-refractivity contribution in [3.05, 3.63) is 70.9 Å². The molecule has 4 heterocycles. The van der Waals surface area contributed by atoms with Crippen LogP contribution in [0.3, 0.4) is 0 Å². The van der Waals surface area contributed by atoms with Crippen LogP contribution in [0.4, 0.5) is 0 Å². The normalized spacial score (nSPS) is 16.4. The zero-order valence-electron chi connectivity index (χ0n) is 17.8. The van der Waals surface area contributed by atoms with Crippen LogP contribution in [0, 0.1) is 0 Å². The van der Waals surface area contributed by atoms with E-state index in [0.29, 0.717) is 30.1 Å². The Labute approximate surface area is 189 Å². The molecule has 1 aromatic carbocycles. The molecule has 0 radical (unpaired) electrons. The van der Waals surface area contributed by atoms with Crippen molar-refractivity contribution in [1.29, 1.82) is 0 Å². The van der Waals surface area contributed by atoms with Crippen molar-refractivity contribution in [3.8, 4) is 0 Å². The molecule has 7 nitrogen and oxygen atoms in total. The van der Waals surface area contributed by atoms with Crippen molar-refractivity contribution in [2.45, 2.75) is 6.10 Å². The lowest BCUT2D eigenvalue weighted by Gasteiger charge is -2.33. The second-order valence-corrected chi connectivity index (χ2v) is 8.92. The van der Waals surface area contributed by atoms with Crippen LogP contribution in [0.5, 0.6) is 0 Å². The highest BCUT2D eigenvalue weighted by molar-refractivity contribution is 7.20. The molecule has 1 aliphatic heterocycles. The summed E-state index contributed by atoms with van der Waals surface area (Å²) in [6, 6.07) is 13.2. The highest BCUT2D eigenvalue weighted by Gasteiger charge is 2.32. The van der Waals surface area contributed by atoms with Gasteiger partial charge in [0.05, 0.1) is 18.7 Å². The molecule has 1 atom stereocenters. The van der Waals surface area contributed by atoms with Crippen molar-refractivity contribution in [2.75, 3.05) is 33.8 Å². The van der Waals surface area contributed by atoms with Crippen molar-refractivity contribution in [2.24, 2.45) is 0 Å². The lowest BCUT2D eigenvalue weighted by molar-refractivity contribution is -0.0223. The zero-order chi connectivity index (χ0) is 22.2. The SMILES string of the molecule is CN(C)C(=O)c1sc2ncccc2c1[C@@H]1CN(C(=O)c2ccc3ncccc3c2)CCO1. The van der Waals surface area contributed by atoms with E-state index in [1.807, 2.05) is 42.5 Å². The summed E-state index contributed by atoms with van der Waals surface area (Å²) in [5.41, 5.74) is 2.29. The number of hydrogen-bond donors (Lipinski definition) is 0. The van der Waals surface area contributed by atoms with Crippen molar-refractivity contribution in [1.82, 2.24) is 19.8 Å². The molecule has 0 aliphatic carbocycles. The molecule has 0 spiro atoms. The quantitative estimate of drug-likeness (QED) is 0.479. The summed E-state index contributed by atoms with van der Waals surface area (Å²) < 4.78 is 6.09. The number of hydrogen-bond acceptors (Lipinski definition) is 6. The average molecular weight is 447 g/mol. The number of benzene rings is 1. The number of morpholine rings is 1. The number of carbonyl (C=O) groups is 2. The predicted octanol–water partition coefficient (Wildman–Crippen LogP) is 3.76. The fourth-order valence-electron chi connectivity index (χ4n) is 4.03. The molecule has 162 valence electrons. The Balaban J connectivity index is 1.48. The van der Waals surface area contributed by atoms with E-state index in [0.717, 1.165) is 26.7 Å². The third kappa shape index (κ3) is 3.61. The van der Waals surface area contributed by atoms with Crippen LogP contribution in [0.25, 0.3) is 21.1 Å². The minimum Gasteiger partial charge on any atom is -0.370 e. The van der Waals surface area contributed by atoms with Crippen LogP contribution in [-0.2, 0) is 4.74 Å². The summed E-state index contributed by atoms with van der Waals surface area (Å²) in [6.07, 6.45) is 3.06. The van der Waals surface area contributed by atoms with E-state index in [1.165, 1.54) is 11.3 Å². The average Bonchev–Trinajstić information content (AvgIpc) is 3.22. The molecule has 0 saturated carbocycles. The smallest absolute Gasteiger partial charge is 0.263 e. The van der Waals surface area contributed by atoms with Crippen molar-refractivity contribution in [3.63, 3.8) is 0 Å². The maximum atomic E-state index is 13.3. The van der Waals surface area contributed by atoms with Gasteiger partial charge >= 0.3 is 0 Å². The summed E-state index contributed by atoms with van der Waals surface area (Å²) in [6.45, 7) is 1.27. The molecule has 8 heteroatoms. The van der Waals surface area contributed by atoms with E-state index in [9.17, 15) is 9.59 Å². The first-order chi connectivity index (χ1) is 15.5. The highest BCUT2D eigenvalue weighted by Crippen LogP contribution is 2.38. The molecular formula is C24H22N4O3S. The maximum Gasteiger partial charge on any atom is 0.263 e. The van der Waals surface area contributed by atoms with Gasteiger partial charge in [-0.3, -0.25) is 14.6 Å². The third-order valence-corrected chi connectivity index (χ3v) is 6.75. The van der Waals surface area contributed by atoms with Gasteiger partial charge in [0.1, 0.15) is 15.8 Å². The summed E-state index contributed by atoms with van der Waals surface area (Å²) in [7, 11) is 3.46. The number of rotatable bonds is 3. The van der Waals surface area contributed by atoms with Gasteiger partial charge < -0.3 is 14.5 Å². The van der Waals surface area contributed by atoms with Crippen LogP contribution in [-0.4, -0.2) is 65.4 Å². The van der Waals surface area contributed by atoms with E-state index in [-0.39, 0.29) is 11.8 Å². The number of ether oxygens (including phenoxy) is 1. The molecule has 5 rings (SSSR count). The number of aromatic nitrogens is 2. The lowest BCUT2D eigenvalue weighted by Crippen LogP contribution is -2.42. The van der Waals surface area contributed by atoms with Crippen LogP contribution in [0.15, 0.2) is 54.9 Å². The van der Waals surface area contributed by atoms with Gasteiger partial charge in [0.25, 0.3) is 11.8 Å². The Hall–Kier alpha value is -3.36. The Morgan fingerprint density at radius 3 is 2.78 bits per heavy atom. The summed E-state index contributed by atoms with van der Waals surface area (Å²) >= 11 is 1.37. The van der Waals surface area contributed by atoms with E-state index in [4.69, 9.17) is 4.74 Å². The topological polar surface area (TPSA) is 75.6 Å². The van der Waals surface area contributed by atoms with E-state index in [2.05, 4.69) is 9.97 Å². The Morgan fingerprint density at radius 1 is 1.12 bits per heavy atom. The first-order valence-corrected chi connectivity index (χ1v) is 11.2. The Bertz CT molecular complexity index is 1330. The number of nitrogens with zero attached hydrogens (tertiary/aromatic N) is 4. The predicted molar refractivity (Wildman–Crippen MR) is 124 cm³/mol. The van der Waals surface area contributed by atoms with Gasteiger partial charge in [-0.2, -0.15) is 0 Å². The van der Waals surface area contributed by atoms with Gasteiger partial charge in [-0.05, 0) is 30.3 Å². The number of thiophene rings is 1. The largest absolute Gasteiger partial charge is 0.370 e. The Kier molecular flexibility index (Phi) is 5.32. The lowest BCUT2D eigenvalue weighted by atomic mass is 10.0. The molecular weight excluding hydrogens is 424 g/mol. The molecule has 1 saturated heterocycles. The fraction of sp³-hybridized carbons (Fsp3) is 0.250. The van der Waals surface area contributed by atoms with Crippen molar-refractivity contribution < 1.29 is 14.3 Å². The standard InChI is InChI=1S/C24H22N4O3S/c1-27(2)24(30)21-20(17-6-4-10-26-22(17)32-21)19-14-28(11-12-31-19)23(29)16-7-8-18-15(13-16)5-3-9-25-18/h3-10,13,19H,11-12,14H2,1-2H3/t19-/m0/s1. The van der Waals surface area contributed by atoms with E-state index >= 15 is 0 Å². The molecule has 32 heavy (non-hydrogen) atoms. The second-order valence-electron chi connectivity index (χ2n) is 7.92.